The zero-order valence-corrected chi connectivity index (χ0v) is 11.1. The van der Waals surface area contributed by atoms with Crippen LogP contribution in [0.15, 0.2) is 48.5 Å². The predicted molar refractivity (Wildman–Crippen MR) is 76.9 cm³/mol. The molecule has 0 atom stereocenters. The number of nitriles is 1. The molecule has 2 nitrogen and oxygen atoms in total. The van der Waals surface area contributed by atoms with Crippen molar-refractivity contribution in [3.63, 3.8) is 0 Å². The van der Waals surface area contributed by atoms with Crippen LogP contribution in [0.1, 0.15) is 16.8 Å². The molecule has 1 heterocycles. The number of nitrogens with zero attached hydrogens (tertiary/aromatic N) is 2. The number of halogens is 1. The maximum Gasteiger partial charge on any atom is 0.128 e. The molecule has 2 aromatic carbocycles. The molecule has 0 amide bonds. The third-order valence-corrected chi connectivity index (χ3v) is 3.52. The predicted octanol–water partition coefficient (Wildman–Crippen LogP) is 4.01. The second kappa shape index (κ2) is 4.82. The lowest BCUT2D eigenvalue weighted by Crippen LogP contribution is -2.04. The van der Waals surface area contributed by atoms with Gasteiger partial charge in [-0.1, -0.05) is 18.2 Å². The number of aromatic nitrogens is 1. The molecule has 0 spiro atoms. The van der Waals surface area contributed by atoms with Crippen molar-refractivity contribution in [2.24, 2.45) is 0 Å². The third-order valence-electron chi connectivity index (χ3n) is 3.52. The molecule has 3 rings (SSSR count). The Kier molecular flexibility index (Phi) is 3.00. The van der Waals surface area contributed by atoms with Gasteiger partial charge in [-0.15, -0.1) is 0 Å². The molecule has 20 heavy (non-hydrogen) atoms. The van der Waals surface area contributed by atoms with Gasteiger partial charge in [0, 0.05) is 16.8 Å². The van der Waals surface area contributed by atoms with Gasteiger partial charge in [0.15, 0.2) is 0 Å². The summed E-state index contributed by atoms with van der Waals surface area (Å²) in [4.78, 5) is 0. The largest absolute Gasteiger partial charge is 0.340 e. The van der Waals surface area contributed by atoms with Crippen molar-refractivity contribution < 1.29 is 4.39 Å². The van der Waals surface area contributed by atoms with Crippen LogP contribution in [0, 0.1) is 24.1 Å². The highest BCUT2D eigenvalue weighted by molar-refractivity contribution is 5.81. The van der Waals surface area contributed by atoms with Gasteiger partial charge >= 0.3 is 0 Å². The molecule has 98 valence electrons. The minimum Gasteiger partial charge on any atom is -0.340 e. The normalized spacial score (nSPS) is 10.7. The van der Waals surface area contributed by atoms with E-state index in [0.29, 0.717) is 17.7 Å². The molecule has 0 N–H and O–H groups in total. The summed E-state index contributed by atoms with van der Waals surface area (Å²) in [5, 5.41) is 10.1. The van der Waals surface area contributed by atoms with Gasteiger partial charge in [-0.05, 0) is 42.6 Å². The van der Waals surface area contributed by atoms with Gasteiger partial charge in [0.05, 0.1) is 18.2 Å². The van der Waals surface area contributed by atoms with E-state index in [4.69, 9.17) is 5.26 Å². The van der Waals surface area contributed by atoms with Crippen molar-refractivity contribution >= 4 is 10.9 Å². The van der Waals surface area contributed by atoms with Crippen molar-refractivity contribution in [2.75, 3.05) is 0 Å². The molecule has 1 aromatic heterocycles. The van der Waals surface area contributed by atoms with Gasteiger partial charge in [0.1, 0.15) is 5.82 Å². The molecular weight excluding hydrogens is 251 g/mol. The van der Waals surface area contributed by atoms with E-state index in [-0.39, 0.29) is 5.82 Å². The van der Waals surface area contributed by atoms with Crippen molar-refractivity contribution in [2.45, 2.75) is 13.5 Å². The van der Waals surface area contributed by atoms with Crippen LogP contribution in [-0.4, -0.2) is 4.57 Å². The molecular formula is C17H13FN2. The van der Waals surface area contributed by atoms with Crippen molar-refractivity contribution in [3.05, 3.63) is 71.2 Å². The van der Waals surface area contributed by atoms with E-state index in [1.807, 2.05) is 31.2 Å². The monoisotopic (exact) mass is 264 g/mol. The highest BCUT2D eigenvalue weighted by Crippen LogP contribution is 2.21. The number of benzene rings is 2. The Morgan fingerprint density at radius 3 is 2.75 bits per heavy atom. The minimum atomic E-state index is -0.277. The minimum absolute atomic E-state index is 0.277. The highest BCUT2D eigenvalue weighted by atomic mass is 19.1. The van der Waals surface area contributed by atoms with Crippen LogP contribution in [0.25, 0.3) is 10.9 Å². The molecule has 0 aliphatic heterocycles. The lowest BCUT2D eigenvalue weighted by Gasteiger charge is -2.09. The number of para-hydroxylation sites is 1. The standard InChI is InChI=1S/C17H13FN2/c1-12-8-14-4-2-3-5-17(14)20(12)11-15-9-13(10-19)6-7-16(15)18/h2-9H,11H2,1H3. The first-order valence-corrected chi connectivity index (χ1v) is 6.42. The summed E-state index contributed by atoms with van der Waals surface area (Å²) >= 11 is 0. The van der Waals surface area contributed by atoms with Gasteiger partial charge in [-0.3, -0.25) is 0 Å². The second-order valence-corrected chi connectivity index (χ2v) is 4.85. The molecule has 3 aromatic rings. The lowest BCUT2D eigenvalue weighted by atomic mass is 10.1. The Balaban J connectivity index is 2.10. The molecule has 0 aliphatic rings. The van der Waals surface area contributed by atoms with E-state index in [0.717, 1.165) is 16.6 Å². The number of hydrogen-bond acceptors (Lipinski definition) is 1. The first-order valence-electron chi connectivity index (χ1n) is 6.42. The van der Waals surface area contributed by atoms with Gasteiger partial charge < -0.3 is 4.57 Å². The average Bonchev–Trinajstić information content (AvgIpc) is 2.77. The Bertz CT molecular complexity index is 825. The molecule has 0 fully saturated rings. The summed E-state index contributed by atoms with van der Waals surface area (Å²) in [5.41, 5.74) is 3.17. The van der Waals surface area contributed by atoms with E-state index in [1.165, 1.54) is 12.1 Å². The molecule has 0 aliphatic carbocycles. The zero-order valence-electron chi connectivity index (χ0n) is 11.1. The first-order chi connectivity index (χ1) is 9.69. The molecule has 0 radical (unpaired) electrons. The Morgan fingerprint density at radius 2 is 1.95 bits per heavy atom. The van der Waals surface area contributed by atoms with E-state index in [9.17, 15) is 4.39 Å². The molecule has 0 saturated heterocycles. The quantitative estimate of drug-likeness (QED) is 0.687. The maximum absolute atomic E-state index is 13.9. The summed E-state index contributed by atoms with van der Waals surface area (Å²) in [6, 6.07) is 16.6. The van der Waals surface area contributed by atoms with Crippen LogP contribution in [0.2, 0.25) is 0 Å². The number of rotatable bonds is 2. The van der Waals surface area contributed by atoms with Gasteiger partial charge in [-0.25, -0.2) is 4.39 Å². The number of fused-ring (bicyclic) bond motifs is 1. The van der Waals surface area contributed by atoms with Gasteiger partial charge in [-0.2, -0.15) is 5.26 Å². The number of aryl methyl sites for hydroxylation is 1. The van der Waals surface area contributed by atoms with E-state index < -0.39 is 0 Å². The average molecular weight is 264 g/mol. The fourth-order valence-corrected chi connectivity index (χ4v) is 2.49. The Morgan fingerprint density at radius 1 is 1.15 bits per heavy atom. The number of hydrogen-bond donors (Lipinski definition) is 0. The molecule has 0 saturated carbocycles. The Hall–Kier alpha value is -2.60. The van der Waals surface area contributed by atoms with E-state index in [1.54, 1.807) is 6.07 Å². The second-order valence-electron chi connectivity index (χ2n) is 4.85. The fraction of sp³-hybridized carbons (Fsp3) is 0.118. The van der Waals surface area contributed by atoms with Crippen LogP contribution in [0.3, 0.4) is 0 Å². The molecule has 3 heteroatoms. The topological polar surface area (TPSA) is 28.7 Å². The van der Waals surface area contributed by atoms with E-state index >= 15 is 0 Å². The molecule has 0 bridgehead atoms. The van der Waals surface area contributed by atoms with Crippen LogP contribution < -0.4 is 0 Å². The third kappa shape index (κ3) is 2.06. The molecule has 0 unspecified atom stereocenters. The van der Waals surface area contributed by atoms with Crippen molar-refractivity contribution in [1.82, 2.24) is 4.57 Å². The smallest absolute Gasteiger partial charge is 0.128 e. The summed E-state index contributed by atoms with van der Waals surface area (Å²) < 4.78 is 16.0. The van der Waals surface area contributed by atoms with Gasteiger partial charge in [0.25, 0.3) is 0 Å². The highest BCUT2D eigenvalue weighted by Gasteiger charge is 2.09. The van der Waals surface area contributed by atoms with Crippen molar-refractivity contribution in [3.8, 4) is 6.07 Å². The Labute approximate surface area is 116 Å². The maximum atomic E-state index is 13.9. The summed E-state index contributed by atoms with van der Waals surface area (Å²) in [6.07, 6.45) is 0. The zero-order chi connectivity index (χ0) is 14.1. The first kappa shape index (κ1) is 12.4. The summed E-state index contributed by atoms with van der Waals surface area (Å²) in [5.74, 6) is -0.277. The summed E-state index contributed by atoms with van der Waals surface area (Å²) in [7, 11) is 0. The van der Waals surface area contributed by atoms with E-state index in [2.05, 4.69) is 16.7 Å². The van der Waals surface area contributed by atoms with Crippen LogP contribution in [0.4, 0.5) is 4.39 Å². The lowest BCUT2D eigenvalue weighted by molar-refractivity contribution is 0.600. The van der Waals surface area contributed by atoms with Crippen LogP contribution >= 0.6 is 0 Å². The SMILES string of the molecule is Cc1cc2ccccc2n1Cc1cc(C#N)ccc1F. The summed E-state index contributed by atoms with van der Waals surface area (Å²) in [6.45, 7) is 2.44. The van der Waals surface area contributed by atoms with Gasteiger partial charge in [0.2, 0.25) is 0 Å². The fourth-order valence-electron chi connectivity index (χ4n) is 2.49. The van der Waals surface area contributed by atoms with Crippen molar-refractivity contribution in [1.29, 1.82) is 5.26 Å². The van der Waals surface area contributed by atoms with Crippen LogP contribution in [0.5, 0.6) is 0 Å². The van der Waals surface area contributed by atoms with Crippen LogP contribution in [-0.2, 0) is 6.54 Å².